The van der Waals surface area contributed by atoms with Crippen molar-refractivity contribution >= 4 is 11.7 Å². The summed E-state index contributed by atoms with van der Waals surface area (Å²) in [5.74, 6) is 1.49. The lowest BCUT2D eigenvalue weighted by Crippen LogP contribution is -2.38. The summed E-state index contributed by atoms with van der Waals surface area (Å²) in [5.41, 5.74) is 2.09. The SMILES string of the molecule is Cc1ccnc(NC(=O)C2CCN(CCCCCn3nnc(-c4ccccc4)n3)CC2)c1. The molecule has 0 spiro atoms. The zero-order chi connectivity index (χ0) is 22.2. The number of nitrogens with zero attached hydrogens (tertiary/aromatic N) is 6. The molecular formula is C24H31N7O. The Bertz CT molecular complexity index is 996. The highest BCUT2D eigenvalue weighted by atomic mass is 16.1. The minimum Gasteiger partial charge on any atom is -0.310 e. The number of hydrogen-bond donors (Lipinski definition) is 1. The van der Waals surface area contributed by atoms with Gasteiger partial charge in [-0.05, 0) is 75.2 Å². The maximum atomic E-state index is 12.5. The smallest absolute Gasteiger partial charge is 0.228 e. The molecule has 3 heterocycles. The van der Waals surface area contributed by atoms with Crippen LogP contribution in [0.1, 0.15) is 37.7 Å². The third-order valence-corrected chi connectivity index (χ3v) is 5.94. The van der Waals surface area contributed by atoms with Gasteiger partial charge in [0, 0.05) is 17.7 Å². The number of aryl methyl sites for hydroxylation is 2. The number of rotatable bonds is 9. The van der Waals surface area contributed by atoms with Crippen LogP contribution in [0, 0.1) is 12.8 Å². The molecule has 0 unspecified atom stereocenters. The van der Waals surface area contributed by atoms with E-state index in [-0.39, 0.29) is 11.8 Å². The van der Waals surface area contributed by atoms with E-state index in [9.17, 15) is 4.79 Å². The van der Waals surface area contributed by atoms with E-state index in [4.69, 9.17) is 0 Å². The summed E-state index contributed by atoms with van der Waals surface area (Å²) < 4.78 is 0. The molecule has 0 saturated carbocycles. The van der Waals surface area contributed by atoms with E-state index < -0.39 is 0 Å². The van der Waals surface area contributed by atoms with Crippen LogP contribution in [0.4, 0.5) is 5.82 Å². The predicted octanol–water partition coefficient (Wildman–Crippen LogP) is 3.56. The first kappa shape index (κ1) is 22.1. The summed E-state index contributed by atoms with van der Waals surface area (Å²) in [4.78, 5) is 20.9. The molecule has 1 saturated heterocycles. The van der Waals surface area contributed by atoms with E-state index in [0.717, 1.165) is 69.4 Å². The number of hydrogen-bond acceptors (Lipinski definition) is 6. The molecule has 32 heavy (non-hydrogen) atoms. The van der Waals surface area contributed by atoms with Crippen LogP contribution in [0.15, 0.2) is 48.7 Å². The van der Waals surface area contributed by atoms with Gasteiger partial charge in [-0.25, -0.2) is 4.98 Å². The van der Waals surface area contributed by atoms with Crippen molar-refractivity contribution in [3.05, 3.63) is 54.2 Å². The highest BCUT2D eigenvalue weighted by Crippen LogP contribution is 2.20. The molecule has 8 heteroatoms. The van der Waals surface area contributed by atoms with Gasteiger partial charge in [-0.15, -0.1) is 10.2 Å². The lowest BCUT2D eigenvalue weighted by Gasteiger charge is -2.31. The number of nitrogens with one attached hydrogen (secondary N) is 1. The number of carbonyl (C=O) groups is 1. The normalized spacial score (nSPS) is 15.0. The number of piperidine rings is 1. The van der Waals surface area contributed by atoms with Crippen LogP contribution in [-0.4, -0.2) is 55.6 Å². The lowest BCUT2D eigenvalue weighted by molar-refractivity contribution is -0.121. The third-order valence-electron chi connectivity index (χ3n) is 5.94. The second kappa shape index (κ2) is 10.9. The lowest BCUT2D eigenvalue weighted by atomic mass is 9.95. The molecule has 3 aromatic rings. The van der Waals surface area contributed by atoms with Crippen molar-refractivity contribution in [3.63, 3.8) is 0 Å². The summed E-state index contributed by atoms with van der Waals surface area (Å²) in [6.07, 6.45) is 6.85. The van der Waals surface area contributed by atoms with E-state index in [2.05, 4.69) is 30.6 Å². The van der Waals surface area contributed by atoms with Gasteiger partial charge in [0.25, 0.3) is 0 Å². The molecule has 0 bridgehead atoms. The third kappa shape index (κ3) is 6.20. The van der Waals surface area contributed by atoms with Crippen LogP contribution < -0.4 is 5.32 Å². The Morgan fingerprint density at radius 2 is 1.84 bits per heavy atom. The van der Waals surface area contributed by atoms with Gasteiger partial charge in [0.15, 0.2) is 0 Å². The molecule has 4 rings (SSSR count). The van der Waals surface area contributed by atoms with E-state index in [1.54, 1.807) is 11.0 Å². The molecule has 168 valence electrons. The van der Waals surface area contributed by atoms with Crippen molar-refractivity contribution in [2.75, 3.05) is 25.0 Å². The number of amides is 1. The fourth-order valence-electron chi connectivity index (χ4n) is 4.06. The number of tetrazole rings is 1. The van der Waals surface area contributed by atoms with Crippen molar-refractivity contribution < 1.29 is 4.79 Å². The monoisotopic (exact) mass is 433 g/mol. The van der Waals surface area contributed by atoms with Gasteiger partial charge in [-0.2, -0.15) is 4.80 Å². The van der Waals surface area contributed by atoms with Gasteiger partial charge in [0.1, 0.15) is 5.82 Å². The van der Waals surface area contributed by atoms with Crippen LogP contribution in [-0.2, 0) is 11.3 Å². The van der Waals surface area contributed by atoms with Gasteiger partial charge < -0.3 is 10.2 Å². The van der Waals surface area contributed by atoms with E-state index in [1.165, 1.54) is 0 Å². The quantitative estimate of drug-likeness (QED) is 0.519. The van der Waals surface area contributed by atoms with Crippen molar-refractivity contribution in [3.8, 4) is 11.4 Å². The predicted molar refractivity (Wildman–Crippen MR) is 124 cm³/mol. The second-order valence-electron chi connectivity index (χ2n) is 8.46. The molecule has 0 aliphatic carbocycles. The highest BCUT2D eigenvalue weighted by Gasteiger charge is 2.25. The average Bonchev–Trinajstić information content (AvgIpc) is 3.29. The number of likely N-dealkylation sites (tertiary alicyclic amines) is 1. The molecule has 1 amide bonds. The first-order valence-corrected chi connectivity index (χ1v) is 11.5. The fraction of sp³-hybridized carbons (Fsp3) is 0.458. The average molecular weight is 434 g/mol. The molecule has 1 aliphatic rings. The Morgan fingerprint density at radius 1 is 1.06 bits per heavy atom. The van der Waals surface area contributed by atoms with Gasteiger partial charge in [-0.1, -0.05) is 36.8 Å². The van der Waals surface area contributed by atoms with Crippen molar-refractivity contribution in [1.29, 1.82) is 0 Å². The first-order chi connectivity index (χ1) is 15.7. The van der Waals surface area contributed by atoms with Gasteiger partial charge in [-0.3, -0.25) is 4.79 Å². The Kier molecular flexibility index (Phi) is 7.55. The van der Waals surface area contributed by atoms with Crippen LogP contribution in [0.5, 0.6) is 0 Å². The molecule has 1 aliphatic heterocycles. The molecule has 1 fully saturated rings. The van der Waals surface area contributed by atoms with Gasteiger partial charge in [0.05, 0.1) is 6.54 Å². The molecule has 1 aromatic carbocycles. The molecule has 0 radical (unpaired) electrons. The van der Waals surface area contributed by atoms with Crippen LogP contribution >= 0.6 is 0 Å². The summed E-state index contributed by atoms with van der Waals surface area (Å²) in [6.45, 7) is 5.82. The first-order valence-electron chi connectivity index (χ1n) is 11.5. The summed E-state index contributed by atoms with van der Waals surface area (Å²) in [7, 11) is 0. The number of carbonyl (C=O) groups excluding carboxylic acids is 1. The number of unbranched alkanes of at least 4 members (excludes halogenated alkanes) is 2. The van der Waals surface area contributed by atoms with Gasteiger partial charge in [0.2, 0.25) is 11.7 Å². The standard InChI is InChI=1S/C24H31N7O/c1-19-10-13-25-22(18-19)26-24(32)21-11-16-30(17-12-21)14-6-3-7-15-31-28-23(27-29-31)20-8-4-2-5-9-20/h2,4-5,8-10,13,18,21H,3,6-7,11-12,14-17H2,1H3,(H,25,26,32). The fourth-order valence-corrected chi connectivity index (χ4v) is 4.06. The molecule has 1 N–H and O–H groups in total. The largest absolute Gasteiger partial charge is 0.310 e. The highest BCUT2D eigenvalue weighted by molar-refractivity contribution is 5.91. The summed E-state index contributed by atoms with van der Waals surface area (Å²) >= 11 is 0. The summed E-state index contributed by atoms with van der Waals surface area (Å²) in [5, 5.41) is 15.7. The Morgan fingerprint density at radius 3 is 2.62 bits per heavy atom. The van der Waals surface area contributed by atoms with E-state index in [0.29, 0.717) is 11.6 Å². The summed E-state index contributed by atoms with van der Waals surface area (Å²) in [6, 6.07) is 13.8. The topological polar surface area (TPSA) is 88.8 Å². The van der Waals surface area contributed by atoms with Crippen molar-refractivity contribution in [2.45, 2.75) is 45.6 Å². The van der Waals surface area contributed by atoms with E-state index in [1.807, 2.05) is 49.4 Å². The Labute approximate surface area is 189 Å². The number of benzene rings is 1. The van der Waals surface area contributed by atoms with Crippen LogP contribution in [0.2, 0.25) is 0 Å². The number of pyridine rings is 1. The Hall–Kier alpha value is -3.13. The maximum Gasteiger partial charge on any atom is 0.228 e. The van der Waals surface area contributed by atoms with Gasteiger partial charge >= 0.3 is 0 Å². The number of anilines is 1. The maximum absolute atomic E-state index is 12.5. The molecule has 8 nitrogen and oxygen atoms in total. The van der Waals surface area contributed by atoms with Crippen molar-refractivity contribution in [2.24, 2.45) is 5.92 Å². The minimum atomic E-state index is 0.0748. The van der Waals surface area contributed by atoms with Crippen LogP contribution in [0.25, 0.3) is 11.4 Å². The zero-order valence-electron chi connectivity index (χ0n) is 18.7. The minimum absolute atomic E-state index is 0.0748. The number of aromatic nitrogens is 5. The Balaban J connectivity index is 1.10. The zero-order valence-corrected chi connectivity index (χ0v) is 18.7. The molecular weight excluding hydrogens is 402 g/mol. The van der Waals surface area contributed by atoms with E-state index >= 15 is 0 Å². The van der Waals surface area contributed by atoms with Crippen LogP contribution in [0.3, 0.4) is 0 Å². The van der Waals surface area contributed by atoms with Crippen molar-refractivity contribution in [1.82, 2.24) is 30.1 Å². The molecule has 0 atom stereocenters. The second-order valence-corrected chi connectivity index (χ2v) is 8.46. The molecule has 2 aromatic heterocycles.